The van der Waals surface area contributed by atoms with Gasteiger partial charge in [0.15, 0.2) is 5.76 Å². The first-order chi connectivity index (χ1) is 11.7. The summed E-state index contributed by atoms with van der Waals surface area (Å²) in [5, 5.41) is 6.80. The molecule has 6 nitrogen and oxygen atoms in total. The average molecular weight is 323 g/mol. The first-order valence-electron chi connectivity index (χ1n) is 7.47. The molecule has 6 heteroatoms. The number of hydrogen-bond donors (Lipinski definition) is 1. The predicted molar refractivity (Wildman–Crippen MR) is 88.6 cm³/mol. The SMILES string of the molecule is COc1cccc(CNC(=O)c2c(C)noc2-c2cccnc2)c1. The van der Waals surface area contributed by atoms with Crippen LogP contribution in [0.15, 0.2) is 53.3 Å². The Morgan fingerprint density at radius 1 is 1.29 bits per heavy atom. The third-order valence-corrected chi connectivity index (χ3v) is 3.60. The van der Waals surface area contributed by atoms with Gasteiger partial charge in [0, 0.05) is 24.5 Å². The molecule has 0 fully saturated rings. The molecule has 0 saturated carbocycles. The van der Waals surface area contributed by atoms with Crippen molar-refractivity contribution in [1.29, 1.82) is 0 Å². The van der Waals surface area contributed by atoms with Crippen LogP contribution in [0.2, 0.25) is 0 Å². The van der Waals surface area contributed by atoms with E-state index < -0.39 is 0 Å². The zero-order valence-electron chi connectivity index (χ0n) is 13.4. The van der Waals surface area contributed by atoms with E-state index in [9.17, 15) is 4.79 Å². The summed E-state index contributed by atoms with van der Waals surface area (Å²) in [4.78, 5) is 16.6. The number of hydrogen-bond acceptors (Lipinski definition) is 5. The van der Waals surface area contributed by atoms with Crippen LogP contribution in [0.5, 0.6) is 5.75 Å². The Balaban J connectivity index is 1.79. The summed E-state index contributed by atoms with van der Waals surface area (Å²) in [6, 6.07) is 11.1. The van der Waals surface area contributed by atoms with Crippen LogP contribution in [-0.4, -0.2) is 23.2 Å². The van der Waals surface area contributed by atoms with Crippen LogP contribution in [0.25, 0.3) is 11.3 Å². The Bertz CT molecular complexity index is 844. The van der Waals surface area contributed by atoms with E-state index in [1.54, 1.807) is 32.5 Å². The highest BCUT2D eigenvalue weighted by atomic mass is 16.5. The summed E-state index contributed by atoms with van der Waals surface area (Å²) in [6.45, 7) is 2.12. The van der Waals surface area contributed by atoms with Gasteiger partial charge in [0.2, 0.25) is 0 Å². The number of amides is 1. The van der Waals surface area contributed by atoms with E-state index in [4.69, 9.17) is 9.26 Å². The van der Waals surface area contributed by atoms with Gasteiger partial charge in [-0.3, -0.25) is 9.78 Å². The van der Waals surface area contributed by atoms with Crippen LogP contribution < -0.4 is 10.1 Å². The lowest BCUT2D eigenvalue weighted by Crippen LogP contribution is -2.23. The molecular weight excluding hydrogens is 306 g/mol. The molecule has 0 saturated heterocycles. The fourth-order valence-corrected chi connectivity index (χ4v) is 2.38. The lowest BCUT2D eigenvalue weighted by atomic mass is 10.1. The minimum absolute atomic E-state index is 0.240. The standard InChI is InChI=1S/C18H17N3O3/c1-12-16(17(24-21-12)14-6-4-8-19-11-14)18(22)20-10-13-5-3-7-15(9-13)23-2/h3-9,11H,10H2,1-2H3,(H,20,22). The predicted octanol–water partition coefficient (Wildman–Crippen LogP) is 2.98. The normalized spacial score (nSPS) is 10.4. The molecule has 3 aromatic rings. The lowest BCUT2D eigenvalue weighted by Gasteiger charge is -2.07. The van der Waals surface area contributed by atoms with Crippen LogP contribution in [0.1, 0.15) is 21.6 Å². The molecule has 0 aliphatic heterocycles. The Morgan fingerprint density at radius 2 is 2.17 bits per heavy atom. The molecule has 1 amide bonds. The van der Waals surface area contributed by atoms with Crippen molar-refractivity contribution in [3.05, 3.63) is 65.6 Å². The van der Waals surface area contributed by atoms with Gasteiger partial charge in [0.25, 0.3) is 5.91 Å². The van der Waals surface area contributed by atoms with Crippen molar-refractivity contribution in [3.8, 4) is 17.1 Å². The highest BCUT2D eigenvalue weighted by Crippen LogP contribution is 2.25. The molecule has 1 N–H and O–H groups in total. The number of carbonyl (C=O) groups excluding carboxylic acids is 1. The van der Waals surface area contributed by atoms with Gasteiger partial charge >= 0.3 is 0 Å². The van der Waals surface area contributed by atoms with E-state index in [2.05, 4.69) is 15.5 Å². The molecule has 122 valence electrons. The summed E-state index contributed by atoms with van der Waals surface area (Å²) in [6.07, 6.45) is 3.30. The fraction of sp³-hybridized carbons (Fsp3) is 0.167. The highest BCUT2D eigenvalue weighted by molar-refractivity contribution is 6.00. The van der Waals surface area contributed by atoms with Gasteiger partial charge in [-0.05, 0) is 36.8 Å². The van der Waals surface area contributed by atoms with Crippen molar-refractivity contribution >= 4 is 5.91 Å². The van der Waals surface area contributed by atoms with Gasteiger partial charge in [0.05, 0.1) is 12.8 Å². The fourth-order valence-electron chi connectivity index (χ4n) is 2.38. The van der Waals surface area contributed by atoms with E-state index in [1.165, 1.54) is 0 Å². The van der Waals surface area contributed by atoms with Gasteiger partial charge in [-0.25, -0.2) is 0 Å². The maximum absolute atomic E-state index is 12.6. The molecule has 0 atom stereocenters. The molecule has 0 radical (unpaired) electrons. The minimum atomic E-state index is -0.240. The van der Waals surface area contributed by atoms with Gasteiger partial charge in [-0.2, -0.15) is 0 Å². The molecule has 0 spiro atoms. The molecule has 0 aliphatic carbocycles. The molecular formula is C18H17N3O3. The van der Waals surface area contributed by atoms with Gasteiger partial charge < -0.3 is 14.6 Å². The van der Waals surface area contributed by atoms with E-state index in [0.717, 1.165) is 11.3 Å². The van der Waals surface area contributed by atoms with E-state index >= 15 is 0 Å². The van der Waals surface area contributed by atoms with Crippen LogP contribution in [-0.2, 0) is 6.54 Å². The number of rotatable bonds is 5. The third-order valence-electron chi connectivity index (χ3n) is 3.60. The summed E-state index contributed by atoms with van der Waals surface area (Å²) in [7, 11) is 1.61. The minimum Gasteiger partial charge on any atom is -0.497 e. The molecule has 1 aromatic carbocycles. The van der Waals surface area contributed by atoms with Gasteiger partial charge in [-0.1, -0.05) is 17.3 Å². The molecule has 3 rings (SSSR count). The summed E-state index contributed by atoms with van der Waals surface area (Å²) in [5.41, 5.74) is 2.62. The second kappa shape index (κ2) is 6.95. The highest BCUT2D eigenvalue weighted by Gasteiger charge is 2.21. The second-order valence-electron chi connectivity index (χ2n) is 5.25. The topological polar surface area (TPSA) is 77.2 Å². The number of aryl methyl sites for hydroxylation is 1. The first kappa shape index (κ1) is 15.7. The number of benzene rings is 1. The molecule has 0 unspecified atom stereocenters. The number of nitrogens with zero attached hydrogens (tertiary/aromatic N) is 2. The van der Waals surface area contributed by atoms with Crippen molar-refractivity contribution < 1.29 is 14.1 Å². The van der Waals surface area contributed by atoms with E-state index in [-0.39, 0.29) is 5.91 Å². The molecule has 2 aromatic heterocycles. The Labute approximate surface area is 139 Å². The number of carbonyl (C=O) groups is 1. The van der Waals surface area contributed by atoms with Crippen molar-refractivity contribution in [2.24, 2.45) is 0 Å². The molecule has 2 heterocycles. The molecule has 24 heavy (non-hydrogen) atoms. The third kappa shape index (κ3) is 3.27. The van der Waals surface area contributed by atoms with Crippen LogP contribution in [0, 0.1) is 6.92 Å². The van der Waals surface area contributed by atoms with Crippen molar-refractivity contribution in [1.82, 2.24) is 15.5 Å². The smallest absolute Gasteiger partial charge is 0.257 e. The van der Waals surface area contributed by atoms with Gasteiger partial charge in [0.1, 0.15) is 11.3 Å². The van der Waals surface area contributed by atoms with Crippen molar-refractivity contribution in [3.63, 3.8) is 0 Å². The summed E-state index contributed by atoms with van der Waals surface area (Å²) in [5.74, 6) is 0.929. The number of methoxy groups -OCH3 is 1. The Morgan fingerprint density at radius 3 is 2.92 bits per heavy atom. The molecule has 0 bridgehead atoms. The van der Waals surface area contributed by atoms with Crippen molar-refractivity contribution in [2.75, 3.05) is 7.11 Å². The zero-order chi connectivity index (χ0) is 16.9. The van der Waals surface area contributed by atoms with Crippen LogP contribution >= 0.6 is 0 Å². The zero-order valence-corrected chi connectivity index (χ0v) is 13.4. The largest absolute Gasteiger partial charge is 0.497 e. The van der Waals surface area contributed by atoms with Crippen LogP contribution in [0.4, 0.5) is 0 Å². The van der Waals surface area contributed by atoms with E-state index in [0.29, 0.717) is 29.1 Å². The lowest BCUT2D eigenvalue weighted by molar-refractivity contribution is 0.0950. The average Bonchev–Trinajstić information content (AvgIpc) is 3.02. The second-order valence-corrected chi connectivity index (χ2v) is 5.25. The van der Waals surface area contributed by atoms with Crippen LogP contribution in [0.3, 0.4) is 0 Å². The number of nitrogens with one attached hydrogen (secondary N) is 1. The van der Waals surface area contributed by atoms with Gasteiger partial charge in [-0.15, -0.1) is 0 Å². The number of pyridine rings is 1. The van der Waals surface area contributed by atoms with Crippen molar-refractivity contribution in [2.45, 2.75) is 13.5 Å². The molecule has 0 aliphatic rings. The van der Waals surface area contributed by atoms with E-state index in [1.807, 2.05) is 30.3 Å². The summed E-state index contributed by atoms with van der Waals surface area (Å²) < 4.78 is 10.5. The number of ether oxygens (including phenoxy) is 1. The quantitative estimate of drug-likeness (QED) is 0.781. The maximum atomic E-state index is 12.6. The Hall–Kier alpha value is -3.15. The number of aromatic nitrogens is 2. The summed E-state index contributed by atoms with van der Waals surface area (Å²) >= 11 is 0. The Kier molecular flexibility index (Phi) is 4.56. The maximum Gasteiger partial charge on any atom is 0.257 e. The monoisotopic (exact) mass is 323 g/mol. The first-order valence-corrected chi connectivity index (χ1v) is 7.47.